The first-order chi connectivity index (χ1) is 18.5. The first-order valence-electron chi connectivity index (χ1n) is 12.8. The molecule has 194 valence electrons. The fourth-order valence-corrected chi connectivity index (χ4v) is 5.74. The molecular formula is C32H31ClN2O3. The Kier molecular flexibility index (Phi) is 7.62. The van der Waals surface area contributed by atoms with E-state index in [0.29, 0.717) is 29.6 Å². The number of hydrogen-bond acceptors (Lipinski definition) is 3. The van der Waals surface area contributed by atoms with E-state index in [-0.39, 0.29) is 18.4 Å². The van der Waals surface area contributed by atoms with Crippen LogP contribution < -0.4 is 9.47 Å². The Balaban J connectivity index is 1.63. The second kappa shape index (κ2) is 11.2. The van der Waals surface area contributed by atoms with Gasteiger partial charge in [0.1, 0.15) is 11.5 Å². The van der Waals surface area contributed by atoms with Gasteiger partial charge in [-0.25, -0.2) is 0 Å². The van der Waals surface area contributed by atoms with Crippen molar-refractivity contribution in [3.05, 3.63) is 83.0 Å². The Morgan fingerprint density at radius 3 is 2.61 bits per heavy atom. The molecule has 5 rings (SSSR count). The SMILES string of the molecule is CC#CCn1c(C2CCCN2C(=O)Cc2cc(OC)ccc2OC)c(-c2ccccc2)c2cc(Cl)ccc21. The highest BCUT2D eigenvalue weighted by Gasteiger charge is 2.35. The van der Waals surface area contributed by atoms with Gasteiger partial charge >= 0.3 is 0 Å². The maximum Gasteiger partial charge on any atom is 0.227 e. The van der Waals surface area contributed by atoms with Crippen molar-refractivity contribution >= 4 is 28.4 Å². The molecule has 2 heterocycles. The molecule has 1 atom stereocenters. The first kappa shape index (κ1) is 25.8. The van der Waals surface area contributed by atoms with Crippen LogP contribution in [0.15, 0.2) is 66.7 Å². The van der Waals surface area contributed by atoms with Crippen LogP contribution in [0.2, 0.25) is 5.02 Å². The van der Waals surface area contributed by atoms with Gasteiger partial charge in [0.25, 0.3) is 0 Å². The third-order valence-electron chi connectivity index (χ3n) is 7.26. The molecule has 1 unspecified atom stereocenters. The lowest BCUT2D eigenvalue weighted by Gasteiger charge is -2.28. The Bertz CT molecular complexity index is 1530. The highest BCUT2D eigenvalue weighted by molar-refractivity contribution is 6.31. The van der Waals surface area contributed by atoms with Gasteiger partial charge in [0.2, 0.25) is 5.91 Å². The minimum Gasteiger partial charge on any atom is -0.497 e. The number of rotatable bonds is 7. The van der Waals surface area contributed by atoms with E-state index in [1.165, 1.54) is 0 Å². The number of aromatic nitrogens is 1. The third-order valence-corrected chi connectivity index (χ3v) is 7.50. The lowest BCUT2D eigenvalue weighted by molar-refractivity contribution is -0.131. The Morgan fingerprint density at radius 2 is 1.87 bits per heavy atom. The van der Waals surface area contributed by atoms with Gasteiger partial charge in [-0.2, -0.15) is 0 Å². The molecule has 0 spiro atoms. The van der Waals surface area contributed by atoms with E-state index in [4.69, 9.17) is 21.1 Å². The van der Waals surface area contributed by atoms with Crippen LogP contribution in [0.5, 0.6) is 11.5 Å². The summed E-state index contributed by atoms with van der Waals surface area (Å²) < 4.78 is 13.2. The van der Waals surface area contributed by atoms with Crippen molar-refractivity contribution in [1.29, 1.82) is 0 Å². The molecule has 1 saturated heterocycles. The van der Waals surface area contributed by atoms with Crippen LogP contribution in [0.4, 0.5) is 0 Å². The van der Waals surface area contributed by atoms with Gasteiger partial charge in [0.05, 0.1) is 38.9 Å². The average molecular weight is 527 g/mol. The van der Waals surface area contributed by atoms with E-state index >= 15 is 0 Å². The summed E-state index contributed by atoms with van der Waals surface area (Å²) in [5.41, 5.74) is 5.21. The average Bonchev–Trinajstić information content (AvgIpc) is 3.54. The van der Waals surface area contributed by atoms with Crippen molar-refractivity contribution in [3.63, 3.8) is 0 Å². The molecule has 1 aliphatic heterocycles. The summed E-state index contributed by atoms with van der Waals surface area (Å²) in [5.74, 6) is 7.75. The molecule has 0 N–H and O–H groups in total. The van der Waals surface area contributed by atoms with Crippen molar-refractivity contribution in [2.75, 3.05) is 20.8 Å². The molecule has 38 heavy (non-hydrogen) atoms. The van der Waals surface area contributed by atoms with Crippen LogP contribution in [0.3, 0.4) is 0 Å². The number of amides is 1. The normalized spacial score (nSPS) is 14.8. The summed E-state index contributed by atoms with van der Waals surface area (Å²) in [4.78, 5) is 15.9. The topological polar surface area (TPSA) is 43.7 Å². The molecule has 1 aliphatic rings. The van der Waals surface area contributed by atoms with Crippen molar-refractivity contribution in [1.82, 2.24) is 9.47 Å². The number of methoxy groups -OCH3 is 2. The molecule has 5 nitrogen and oxygen atoms in total. The van der Waals surface area contributed by atoms with Gasteiger partial charge < -0.3 is 18.9 Å². The largest absolute Gasteiger partial charge is 0.497 e. The van der Waals surface area contributed by atoms with E-state index < -0.39 is 0 Å². The summed E-state index contributed by atoms with van der Waals surface area (Å²) in [6.45, 7) is 3.10. The second-order valence-corrected chi connectivity index (χ2v) is 9.84. The summed E-state index contributed by atoms with van der Waals surface area (Å²) in [7, 11) is 3.25. The maximum atomic E-state index is 13.9. The van der Waals surface area contributed by atoms with Gasteiger partial charge in [-0.3, -0.25) is 4.79 Å². The lowest BCUT2D eigenvalue weighted by atomic mass is 9.97. The van der Waals surface area contributed by atoms with Crippen LogP contribution in [-0.2, 0) is 17.8 Å². The van der Waals surface area contributed by atoms with E-state index in [9.17, 15) is 4.79 Å². The maximum absolute atomic E-state index is 13.9. The van der Waals surface area contributed by atoms with Crippen LogP contribution in [0.1, 0.15) is 37.1 Å². The Morgan fingerprint density at radius 1 is 1.05 bits per heavy atom. The Labute approximate surface area is 228 Å². The fourth-order valence-electron chi connectivity index (χ4n) is 5.56. The summed E-state index contributed by atoms with van der Waals surface area (Å²) >= 11 is 6.50. The molecule has 6 heteroatoms. The number of nitrogens with zero attached hydrogens (tertiary/aromatic N) is 2. The van der Waals surface area contributed by atoms with Crippen LogP contribution in [0, 0.1) is 11.8 Å². The molecule has 1 fully saturated rings. The van der Waals surface area contributed by atoms with Gasteiger partial charge in [-0.05, 0) is 61.7 Å². The molecule has 0 saturated carbocycles. The highest BCUT2D eigenvalue weighted by Crippen LogP contribution is 2.44. The van der Waals surface area contributed by atoms with E-state index in [1.54, 1.807) is 14.2 Å². The molecule has 0 radical (unpaired) electrons. The van der Waals surface area contributed by atoms with Crippen LogP contribution in [0.25, 0.3) is 22.0 Å². The van der Waals surface area contributed by atoms with Crippen LogP contribution >= 0.6 is 11.6 Å². The molecule has 1 aromatic heterocycles. The number of carbonyl (C=O) groups excluding carboxylic acids is 1. The third kappa shape index (κ3) is 4.85. The van der Waals surface area contributed by atoms with Gasteiger partial charge in [-0.15, -0.1) is 5.92 Å². The number of benzene rings is 3. The molecule has 0 bridgehead atoms. The zero-order valence-electron chi connectivity index (χ0n) is 22.0. The standard InChI is InChI=1S/C32H31ClN2O3/c1-4-5-17-35-27-15-13-24(33)21-26(27)31(22-10-7-6-8-11-22)32(35)28-12-9-18-34(28)30(36)20-23-19-25(37-2)14-16-29(23)38-3/h6-8,10-11,13-16,19,21,28H,9,12,17-18,20H2,1-3H3. The van der Waals surface area contributed by atoms with Gasteiger partial charge in [0.15, 0.2) is 0 Å². The van der Waals surface area contributed by atoms with Crippen molar-refractivity contribution < 1.29 is 14.3 Å². The monoisotopic (exact) mass is 526 g/mol. The predicted octanol–water partition coefficient (Wildman–Crippen LogP) is 6.91. The summed E-state index contributed by atoms with van der Waals surface area (Å²) in [5, 5.41) is 1.76. The predicted molar refractivity (Wildman–Crippen MR) is 153 cm³/mol. The fraction of sp³-hybridized carbons (Fsp3) is 0.281. The first-order valence-corrected chi connectivity index (χ1v) is 13.2. The number of fused-ring (bicyclic) bond motifs is 1. The van der Waals surface area contributed by atoms with Crippen LogP contribution in [-0.4, -0.2) is 36.1 Å². The summed E-state index contributed by atoms with van der Waals surface area (Å²) in [6.07, 6.45) is 2.05. The van der Waals surface area contributed by atoms with Crippen molar-refractivity contribution in [3.8, 4) is 34.5 Å². The molecular weight excluding hydrogens is 496 g/mol. The lowest BCUT2D eigenvalue weighted by Crippen LogP contribution is -2.33. The smallest absolute Gasteiger partial charge is 0.227 e. The zero-order valence-corrected chi connectivity index (χ0v) is 22.7. The quantitative estimate of drug-likeness (QED) is 0.246. The van der Waals surface area contributed by atoms with Crippen molar-refractivity contribution in [2.24, 2.45) is 0 Å². The zero-order chi connectivity index (χ0) is 26.6. The summed E-state index contributed by atoms with van der Waals surface area (Å²) in [6, 6.07) is 21.9. The van der Waals surface area contributed by atoms with Gasteiger partial charge in [0, 0.05) is 33.6 Å². The molecule has 3 aromatic carbocycles. The van der Waals surface area contributed by atoms with E-state index in [0.717, 1.165) is 46.1 Å². The highest BCUT2D eigenvalue weighted by atomic mass is 35.5. The molecule has 0 aliphatic carbocycles. The second-order valence-electron chi connectivity index (χ2n) is 9.40. The number of carbonyl (C=O) groups is 1. The number of ether oxygens (including phenoxy) is 2. The minimum atomic E-state index is -0.0841. The van der Waals surface area contributed by atoms with E-state index in [2.05, 4.69) is 34.6 Å². The number of likely N-dealkylation sites (tertiary alicyclic amines) is 1. The Hall–Kier alpha value is -3.88. The number of hydrogen-bond donors (Lipinski definition) is 0. The molecule has 1 amide bonds. The van der Waals surface area contributed by atoms with Gasteiger partial charge in [-0.1, -0.05) is 47.9 Å². The van der Waals surface area contributed by atoms with E-state index in [1.807, 2.05) is 60.4 Å². The molecule has 4 aromatic rings. The number of halogens is 1. The van der Waals surface area contributed by atoms with Crippen molar-refractivity contribution in [2.45, 2.75) is 38.8 Å². The minimum absolute atomic E-state index is 0.0643.